The molecule has 1 fully saturated rings. The summed E-state index contributed by atoms with van der Waals surface area (Å²) in [5, 5.41) is 3.39. The average Bonchev–Trinajstić information content (AvgIpc) is 2.89. The van der Waals surface area contributed by atoms with Crippen molar-refractivity contribution in [3.05, 3.63) is 21.3 Å². The van der Waals surface area contributed by atoms with E-state index in [1.807, 2.05) is 6.07 Å². The Bertz CT molecular complexity index is 293. The Balaban J connectivity index is 1.86. The molecule has 0 aromatic carbocycles. The number of nitrogens with one attached hydrogen (secondary N) is 1. The highest BCUT2D eigenvalue weighted by Crippen LogP contribution is 2.34. The van der Waals surface area contributed by atoms with E-state index in [9.17, 15) is 0 Å². The van der Waals surface area contributed by atoms with Crippen LogP contribution in [0.25, 0.3) is 0 Å². The third-order valence-corrected chi connectivity index (χ3v) is 4.05. The summed E-state index contributed by atoms with van der Waals surface area (Å²) >= 11 is 7.61. The normalized spacial score (nSPS) is 18.4. The van der Waals surface area contributed by atoms with Crippen molar-refractivity contribution in [2.75, 3.05) is 7.05 Å². The molecule has 1 nitrogen and oxygen atoms in total. The molecule has 14 heavy (non-hydrogen) atoms. The van der Waals surface area contributed by atoms with Gasteiger partial charge in [0.15, 0.2) is 0 Å². The second-order valence-corrected chi connectivity index (χ2v) is 5.87. The summed E-state index contributed by atoms with van der Waals surface area (Å²) in [6, 6.07) is 4.77. The molecule has 1 unspecified atom stereocenters. The minimum atomic E-state index is 0.636. The maximum Gasteiger partial charge on any atom is 0.0931 e. The number of thiophene rings is 1. The van der Waals surface area contributed by atoms with Gasteiger partial charge in [0.25, 0.3) is 0 Å². The van der Waals surface area contributed by atoms with Gasteiger partial charge in [0.1, 0.15) is 0 Å². The van der Waals surface area contributed by atoms with Crippen LogP contribution < -0.4 is 5.32 Å². The van der Waals surface area contributed by atoms with E-state index in [4.69, 9.17) is 11.6 Å². The summed E-state index contributed by atoms with van der Waals surface area (Å²) in [7, 11) is 2.06. The molecule has 3 heteroatoms. The van der Waals surface area contributed by atoms with Crippen molar-refractivity contribution in [1.29, 1.82) is 0 Å². The highest BCUT2D eigenvalue weighted by Gasteiger charge is 2.24. The van der Waals surface area contributed by atoms with Crippen LogP contribution in [0.15, 0.2) is 12.1 Å². The molecule has 0 bridgehead atoms. The van der Waals surface area contributed by atoms with Crippen molar-refractivity contribution in [1.82, 2.24) is 5.32 Å². The van der Waals surface area contributed by atoms with Crippen LogP contribution in [0.1, 0.15) is 24.1 Å². The standard InChI is InChI=1S/C11H16ClNS/c1-13-9(6-8-2-3-8)7-10-4-5-11(12)14-10/h4-5,8-9,13H,2-3,6-7H2,1H3. The van der Waals surface area contributed by atoms with Gasteiger partial charge in [-0.25, -0.2) is 0 Å². The van der Waals surface area contributed by atoms with E-state index >= 15 is 0 Å². The second-order valence-electron chi connectivity index (χ2n) is 4.07. The van der Waals surface area contributed by atoms with Gasteiger partial charge in [-0.2, -0.15) is 0 Å². The number of halogens is 1. The first-order valence-electron chi connectivity index (χ1n) is 5.19. The number of rotatable bonds is 5. The molecule has 0 radical (unpaired) electrons. The molecule has 2 rings (SSSR count). The zero-order valence-electron chi connectivity index (χ0n) is 8.42. The van der Waals surface area contributed by atoms with Crippen molar-refractivity contribution in [3.63, 3.8) is 0 Å². The molecule has 1 saturated carbocycles. The molecule has 78 valence electrons. The lowest BCUT2D eigenvalue weighted by molar-refractivity contribution is 0.493. The third-order valence-electron chi connectivity index (χ3n) is 2.80. The first kappa shape index (κ1) is 10.5. The molecule has 1 aliphatic rings. The van der Waals surface area contributed by atoms with Gasteiger partial charge in [0.2, 0.25) is 0 Å². The quantitative estimate of drug-likeness (QED) is 0.817. The summed E-state index contributed by atoms with van der Waals surface area (Å²) < 4.78 is 0.904. The van der Waals surface area contributed by atoms with Crippen molar-refractivity contribution >= 4 is 22.9 Å². The summed E-state index contributed by atoms with van der Waals surface area (Å²) in [6.45, 7) is 0. The maximum absolute atomic E-state index is 5.90. The summed E-state index contributed by atoms with van der Waals surface area (Å²) in [5.41, 5.74) is 0. The van der Waals surface area contributed by atoms with Crippen LogP contribution in [0.3, 0.4) is 0 Å². The Morgan fingerprint density at radius 3 is 2.86 bits per heavy atom. The molecular formula is C11H16ClNS. The molecule has 1 atom stereocenters. The molecule has 1 aromatic rings. The fourth-order valence-corrected chi connectivity index (χ4v) is 2.93. The van der Waals surface area contributed by atoms with E-state index in [0.717, 1.165) is 16.7 Å². The molecule has 1 N–H and O–H groups in total. The minimum Gasteiger partial charge on any atom is -0.317 e. The largest absolute Gasteiger partial charge is 0.317 e. The minimum absolute atomic E-state index is 0.636. The van der Waals surface area contributed by atoms with Crippen LogP contribution in [0.5, 0.6) is 0 Å². The van der Waals surface area contributed by atoms with Gasteiger partial charge in [0.05, 0.1) is 4.34 Å². The summed E-state index contributed by atoms with van der Waals surface area (Å²) in [5.74, 6) is 0.989. The Labute approximate surface area is 94.5 Å². The molecule has 0 amide bonds. The lowest BCUT2D eigenvalue weighted by Gasteiger charge is -2.14. The lowest BCUT2D eigenvalue weighted by atomic mass is 10.1. The highest BCUT2D eigenvalue weighted by atomic mass is 35.5. The van der Waals surface area contributed by atoms with Gasteiger partial charge < -0.3 is 5.32 Å². The maximum atomic E-state index is 5.90. The van der Waals surface area contributed by atoms with Gasteiger partial charge in [-0.1, -0.05) is 24.4 Å². The van der Waals surface area contributed by atoms with E-state index in [2.05, 4.69) is 18.4 Å². The Hall–Kier alpha value is -0.0500. The summed E-state index contributed by atoms with van der Waals surface area (Å²) in [4.78, 5) is 1.40. The predicted octanol–water partition coefficient (Wildman–Crippen LogP) is 3.33. The van der Waals surface area contributed by atoms with E-state index in [1.165, 1.54) is 24.1 Å². The number of likely N-dealkylation sites (N-methyl/N-ethyl adjacent to an activating group) is 1. The fraction of sp³-hybridized carbons (Fsp3) is 0.636. The molecule has 0 aliphatic heterocycles. The first-order chi connectivity index (χ1) is 6.78. The van der Waals surface area contributed by atoms with Crippen LogP contribution in [0.2, 0.25) is 4.34 Å². The first-order valence-corrected chi connectivity index (χ1v) is 6.39. The van der Waals surface area contributed by atoms with E-state index < -0.39 is 0 Å². The van der Waals surface area contributed by atoms with Gasteiger partial charge >= 0.3 is 0 Å². The van der Waals surface area contributed by atoms with Crippen LogP contribution in [0.4, 0.5) is 0 Å². The zero-order chi connectivity index (χ0) is 9.97. The zero-order valence-corrected chi connectivity index (χ0v) is 10.00. The third kappa shape index (κ3) is 2.97. The molecule has 1 heterocycles. The average molecular weight is 230 g/mol. The Kier molecular flexibility index (Phi) is 3.47. The van der Waals surface area contributed by atoms with Gasteiger partial charge in [-0.05, 0) is 37.9 Å². The molecular weight excluding hydrogens is 214 g/mol. The molecule has 1 aliphatic carbocycles. The fourth-order valence-electron chi connectivity index (χ4n) is 1.76. The topological polar surface area (TPSA) is 12.0 Å². The number of hydrogen-bond donors (Lipinski definition) is 1. The second kappa shape index (κ2) is 4.65. The van der Waals surface area contributed by atoms with Crippen molar-refractivity contribution in [3.8, 4) is 0 Å². The van der Waals surface area contributed by atoms with Gasteiger partial charge in [-0.3, -0.25) is 0 Å². The van der Waals surface area contributed by atoms with Crippen molar-refractivity contribution in [2.24, 2.45) is 5.92 Å². The molecule has 0 spiro atoms. The van der Waals surface area contributed by atoms with Crippen molar-refractivity contribution < 1.29 is 0 Å². The van der Waals surface area contributed by atoms with Crippen LogP contribution in [-0.4, -0.2) is 13.1 Å². The van der Waals surface area contributed by atoms with Gasteiger partial charge in [-0.15, -0.1) is 11.3 Å². The Morgan fingerprint density at radius 2 is 2.36 bits per heavy atom. The van der Waals surface area contributed by atoms with Crippen molar-refractivity contribution in [2.45, 2.75) is 31.7 Å². The molecule has 0 saturated heterocycles. The van der Waals surface area contributed by atoms with Crippen LogP contribution in [-0.2, 0) is 6.42 Å². The van der Waals surface area contributed by atoms with E-state index in [-0.39, 0.29) is 0 Å². The smallest absolute Gasteiger partial charge is 0.0931 e. The number of hydrogen-bond acceptors (Lipinski definition) is 2. The predicted molar refractivity (Wildman–Crippen MR) is 63.2 cm³/mol. The Morgan fingerprint density at radius 1 is 1.57 bits per heavy atom. The monoisotopic (exact) mass is 229 g/mol. The van der Waals surface area contributed by atoms with Gasteiger partial charge in [0, 0.05) is 10.9 Å². The SMILES string of the molecule is CNC(Cc1ccc(Cl)s1)CC1CC1. The van der Waals surface area contributed by atoms with E-state index in [1.54, 1.807) is 11.3 Å². The molecule has 1 aromatic heterocycles. The van der Waals surface area contributed by atoms with Crippen LogP contribution >= 0.6 is 22.9 Å². The lowest BCUT2D eigenvalue weighted by Crippen LogP contribution is -2.27. The van der Waals surface area contributed by atoms with E-state index in [0.29, 0.717) is 6.04 Å². The highest BCUT2D eigenvalue weighted by molar-refractivity contribution is 7.16. The van der Waals surface area contributed by atoms with Crippen LogP contribution in [0, 0.1) is 5.92 Å². The summed E-state index contributed by atoms with van der Waals surface area (Å²) in [6.07, 6.45) is 5.32.